The molecule has 0 saturated carbocycles. The molecular weight excluding hydrogens is 306 g/mol. The first-order valence-electron chi connectivity index (χ1n) is 8.63. The molecule has 1 aliphatic heterocycles. The number of Topliss-reactive ketones (excluding diaryl/α,β-unsaturated/α-hetero) is 1. The number of carbonyl (C=O) groups is 2. The zero-order valence-electron chi connectivity index (χ0n) is 14.8. The minimum absolute atomic E-state index is 0.129. The fourth-order valence-corrected chi connectivity index (χ4v) is 3.09. The van der Waals surface area contributed by atoms with Gasteiger partial charge in [-0.05, 0) is 50.8 Å². The molecule has 1 aromatic rings. The highest BCUT2D eigenvalue weighted by molar-refractivity contribution is 5.80. The summed E-state index contributed by atoms with van der Waals surface area (Å²) in [5, 5.41) is 0. The van der Waals surface area contributed by atoms with Gasteiger partial charge in [-0.1, -0.05) is 6.07 Å². The molecule has 1 saturated heterocycles. The normalized spacial score (nSPS) is 15.2. The third kappa shape index (κ3) is 4.73. The van der Waals surface area contributed by atoms with Crippen molar-refractivity contribution < 1.29 is 19.1 Å². The number of piperidine rings is 1. The Bertz CT molecular complexity index is 577. The predicted molar refractivity (Wildman–Crippen MR) is 92.5 cm³/mol. The molecule has 0 aliphatic carbocycles. The number of methoxy groups -OCH3 is 1. The zero-order chi connectivity index (χ0) is 17.5. The van der Waals surface area contributed by atoms with E-state index in [4.69, 9.17) is 9.47 Å². The second kappa shape index (κ2) is 8.71. The lowest BCUT2D eigenvalue weighted by atomic mass is 9.93. The van der Waals surface area contributed by atoms with Crippen LogP contribution in [0.3, 0.4) is 0 Å². The second-order valence-electron chi connectivity index (χ2n) is 6.18. The molecule has 0 spiro atoms. The molecule has 0 N–H and O–H groups in total. The third-order valence-electron chi connectivity index (χ3n) is 4.58. The summed E-state index contributed by atoms with van der Waals surface area (Å²) in [6.45, 7) is 5.54. The number of amides is 1. The molecule has 1 aromatic carbocycles. The number of rotatable bonds is 7. The number of hydrogen-bond acceptors (Lipinski definition) is 4. The van der Waals surface area contributed by atoms with Gasteiger partial charge in [0.25, 0.3) is 0 Å². The summed E-state index contributed by atoms with van der Waals surface area (Å²) in [6.07, 6.45) is 2.73. The molecule has 1 heterocycles. The number of likely N-dealkylation sites (tertiary alicyclic amines) is 1. The molecule has 1 fully saturated rings. The first-order chi connectivity index (χ1) is 11.5. The van der Waals surface area contributed by atoms with Crippen molar-refractivity contribution >= 4 is 11.7 Å². The topological polar surface area (TPSA) is 55.8 Å². The fraction of sp³-hybridized carbons (Fsp3) is 0.579. The predicted octanol–water partition coefficient (Wildman–Crippen LogP) is 2.85. The standard InChI is InChI=1S/C19H27NO4/c1-4-24-17-7-5-15(13-18(17)23-3)6-8-19(22)20-11-9-16(10-12-20)14(2)21/h5,7,13,16H,4,6,8-12H2,1-3H3. The first-order valence-corrected chi connectivity index (χ1v) is 8.63. The van der Waals surface area contributed by atoms with Crippen LogP contribution < -0.4 is 9.47 Å². The Labute approximate surface area is 143 Å². The highest BCUT2D eigenvalue weighted by Crippen LogP contribution is 2.28. The molecule has 0 aromatic heterocycles. The van der Waals surface area contributed by atoms with Crippen molar-refractivity contribution in [2.75, 3.05) is 26.8 Å². The quantitative estimate of drug-likeness (QED) is 0.770. The molecule has 0 unspecified atom stereocenters. The van der Waals surface area contributed by atoms with Gasteiger partial charge >= 0.3 is 0 Å². The van der Waals surface area contributed by atoms with Gasteiger partial charge in [0.05, 0.1) is 13.7 Å². The van der Waals surface area contributed by atoms with Gasteiger partial charge < -0.3 is 14.4 Å². The van der Waals surface area contributed by atoms with E-state index in [1.165, 1.54) is 0 Å². The number of aryl methyl sites for hydroxylation is 1. The van der Waals surface area contributed by atoms with Gasteiger partial charge in [-0.25, -0.2) is 0 Å². The van der Waals surface area contributed by atoms with Crippen LogP contribution in [0.2, 0.25) is 0 Å². The monoisotopic (exact) mass is 333 g/mol. The maximum atomic E-state index is 12.4. The Morgan fingerprint density at radius 2 is 1.92 bits per heavy atom. The van der Waals surface area contributed by atoms with E-state index in [1.807, 2.05) is 30.0 Å². The van der Waals surface area contributed by atoms with Gasteiger partial charge in [0.1, 0.15) is 5.78 Å². The van der Waals surface area contributed by atoms with Crippen molar-refractivity contribution in [3.8, 4) is 11.5 Å². The van der Waals surface area contributed by atoms with Crippen LogP contribution in [0.15, 0.2) is 18.2 Å². The van der Waals surface area contributed by atoms with E-state index in [1.54, 1.807) is 14.0 Å². The molecule has 5 nitrogen and oxygen atoms in total. The molecular formula is C19H27NO4. The van der Waals surface area contributed by atoms with E-state index in [0.29, 0.717) is 38.3 Å². The van der Waals surface area contributed by atoms with Gasteiger partial charge in [0.2, 0.25) is 5.91 Å². The highest BCUT2D eigenvalue weighted by atomic mass is 16.5. The van der Waals surface area contributed by atoms with Crippen LogP contribution in [0, 0.1) is 5.92 Å². The van der Waals surface area contributed by atoms with Gasteiger partial charge in [-0.15, -0.1) is 0 Å². The summed E-state index contributed by atoms with van der Waals surface area (Å²) >= 11 is 0. The van der Waals surface area contributed by atoms with Crippen LogP contribution in [0.5, 0.6) is 11.5 Å². The maximum Gasteiger partial charge on any atom is 0.222 e. The fourth-order valence-electron chi connectivity index (χ4n) is 3.09. The molecule has 0 atom stereocenters. The number of benzene rings is 1. The van der Waals surface area contributed by atoms with E-state index in [9.17, 15) is 9.59 Å². The maximum absolute atomic E-state index is 12.4. The van der Waals surface area contributed by atoms with Crippen LogP contribution in [-0.4, -0.2) is 43.4 Å². The molecule has 2 rings (SSSR count). The van der Waals surface area contributed by atoms with Crippen molar-refractivity contribution in [3.63, 3.8) is 0 Å². The van der Waals surface area contributed by atoms with Crippen molar-refractivity contribution in [3.05, 3.63) is 23.8 Å². The molecule has 5 heteroatoms. The van der Waals surface area contributed by atoms with Crippen LogP contribution in [0.1, 0.15) is 38.7 Å². The summed E-state index contributed by atoms with van der Waals surface area (Å²) in [5.41, 5.74) is 1.06. The largest absolute Gasteiger partial charge is 0.493 e. The van der Waals surface area contributed by atoms with Crippen molar-refractivity contribution in [1.82, 2.24) is 4.90 Å². The summed E-state index contributed by atoms with van der Waals surface area (Å²) in [6, 6.07) is 5.80. The van der Waals surface area contributed by atoms with Gasteiger partial charge in [-0.2, -0.15) is 0 Å². The number of ketones is 1. The Hall–Kier alpha value is -2.04. The highest BCUT2D eigenvalue weighted by Gasteiger charge is 2.24. The minimum Gasteiger partial charge on any atom is -0.493 e. The lowest BCUT2D eigenvalue weighted by molar-refractivity contribution is -0.134. The van der Waals surface area contributed by atoms with Crippen molar-refractivity contribution in [2.24, 2.45) is 5.92 Å². The smallest absolute Gasteiger partial charge is 0.222 e. The SMILES string of the molecule is CCOc1ccc(CCC(=O)N2CCC(C(C)=O)CC2)cc1OC. The Morgan fingerprint density at radius 3 is 2.50 bits per heavy atom. The van der Waals surface area contributed by atoms with Gasteiger partial charge in [-0.3, -0.25) is 9.59 Å². The molecule has 132 valence electrons. The van der Waals surface area contributed by atoms with E-state index in [0.717, 1.165) is 24.2 Å². The van der Waals surface area contributed by atoms with Gasteiger partial charge in [0.15, 0.2) is 11.5 Å². The number of nitrogens with zero attached hydrogens (tertiary/aromatic N) is 1. The molecule has 0 radical (unpaired) electrons. The van der Waals surface area contributed by atoms with Crippen LogP contribution in [0.4, 0.5) is 0 Å². The summed E-state index contributed by atoms with van der Waals surface area (Å²) in [4.78, 5) is 25.6. The molecule has 24 heavy (non-hydrogen) atoms. The van der Waals surface area contributed by atoms with Crippen molar-refractivity contribution in [1.29, 1.82) is 0 Å². The van der Waals surface area contributed by atoms with Gasteiger partial charge in [0, 0.05) is 25.4 Å². The third-order valence-corrected chi connectivity index (χ3v) is 4.58. The first kappa shape index (κ1) is 18.3. The molecule has 0 bridgehead atoms. The summed E-state index contributed by atoms with van der Waals surface area (Å²) in [5.74, 6) is 1.95. The Morgan fingerprint density at radius 1 is 1.21 bits per heavy atom. The number of ether oxygens (including phenoxy) is 2. The molecule has 1 amide bonds. The van der Waals surface area contributed by atoms with Crippen molar-refractivity contribution in [2.45, 2.75) is 39.5 Å². The summed E-state index contributed by atoms with van der Waals surface area (Å²) in [7, 11) is 1.62. The number of hydrogen-bond donors (Lipinski definition) is 0. The molecule has 1 aliphatic rings. The lowest BCUT2D eigenvalue weighted by Gasteiger charge is -2.31. The average molecular weight is 333 g/mol. The number of carbonyl (C=O) groups excluding carboxylic acids is 2. The van der Waals surface area contributed by atoms with Crippen LogP contribution in [0.25, 0.3) is 0 Å². The second-order valence-corrected chi connectivity index (χ2v) is 6.18. The Balaban J connectivity index is 1.87. The van der Waals surface area contributed by atoms with E-state index >= 15 is 0 Å². The zero-order valence-corrected chi connectivity index (χ0v) is 14.8. The lowest BCUT2D eigenvalue weighted by Crippen LogP contribution is -2.40. The van der Waals surface area contributed by atoms with E-state index in [2.05, 4.69) is 0 Å². The van der Waals surface area contributed by atoms with Crippen LogP contribution >= 0.6 is 0 Å². The van der Waals surface area contributed by atoms with Crippen LogP contribution in [-0.2, 0) is 16.0 Å². The minimum atomic E-state index is 0.129. The van der Waals surface area contributed by atoms with E-state index in [-0.39, 0.29) is 17.6 Å². The van der Waals surface area contributed by atoms with E-state index < -0.39 is 0 Å². The Kier molecular flexibility index (Phi) is 6.64. The average Bonchev–Trinajstić information content (AvgIpc) is 2.60. The summed E-state index contributed by atoms with van der Waals surface area (Å²) < 4.78 is 10.8.